The first-order chi connectivity index (χ1) is 31.2. The van der Waals surface area contributed by atoms with Crippen molar-refractivity contribution in [1.82, 2.24) is 4.57 Å². The van der Waals surface area contributed by atoms with Gasteiger partial charge in [-0.3, -0.25) is 0 Å². The van der Waals surface area contributed by atoms with Crippen LogP contribution in [0.2, 0.25) is 0 Å². The van der Waals surface area contributed by atoms with Crippen LogP contribution < -0.4 is 4.90 Å². The SMILES string of the molecule is Sc1c(-c2ccc(N(c3ccc(-c4ccccc4)cc3)c3ccc(-c4ccccc4)cc3)cc2)cc2c3ccccc3n(-c3cccc(-c4ccccc4)c3)c2c1-c1ccccc1. The highest BCUT2D eigenvalue weighted by molar-refractivity contribution is 7.80. The summed E-state index contributed by atoms with van der Waals surface area (Å²) in [7, 11) is 0. The Morgan fingerprint density at radius 2 is 0.730 bits per heavy atom. The number of fused-ring (bicyclic) bond motifs is 3. The van der Waals surface area contributed by atoms with E-state index < -0.39 is 0 Å². The summed E-state index contributed by atoms with van der Waals surface area (Å²) in [4.78, 5) is 3.28. The second-order valence-electron chi connectivity index (χ2n) is 15.9. The molecule has 0 radical (unpaired) electrons. The summed E-state index contributed by atoms with van der Waals surface area (Å²) in [5.41, 5.74) is 18.2. The van der Waals surface area contributed by atoms with Crippen molar-refractivity contribution in [2.24, 2.45) is 0 Å². The third-order valence-electron chi connectivity index (χ3n) is 12.1. The minimum Gasteiger partial charge on any atom is -0.311 e. The van der Waals surface area contributed by atoms with Crippen LogP contribution in [0, 0.1) is 0 Å². The quantitative estimate of drug-likeness (QED) is 0.143. The summed E-state index contributed by atoms with van der Waals surface area (Å²) in [6.07, 6.45) is 0. The van der Waals surface area contributed by atoms with Crippen molar-refractivity contribution in [1.29, 1.82) is 0 Å². The molecule has 3 heteroatoms. The molecular formula is C60H42N2S. The van der Waals surface area contributed by atoms with E-state index in [1.54, 1.807) is 0 Å². The maximum Gasteiger partial charge on any atom is 0.0631 e. The molecule has 0 spiro atoms. The molecule has 0 N–H and O–H groups in total. The Morgan fingerprint density at radius 3 is 1.25 bits per heavy atom. The summed E-state index contributed by atoms with van der Waals surface area (Å²) in [5.74, 6) is 0. The first-order valence-corrected chi connectivity index (χ1v) is 21.8. The zero-order valence-corrected chi connectivity index (χ0v) is 35.4. The Hall–Kier alpha value is -7.85. The zero-order valence-electron chi connectivity index (χ0n) is 34.5. The van der Waals surface area contributed by atoms with Crippen LogP contribution in [-0.2, 0) is 0 Å². The molecule has 0 aliphatic carbocycles. The van der Waals surface area contributed by atoms with E-state index in [1.807, 2.05) is 0 Å². The minimum atomic E-state index is 0.939. The lowest BCUT2D eigenvalue weighted by Gasteiger charge is -2.26. The van der Waals surface area contributed by atoms with E-state index in [2.05, 4.69) is 258 Å². The Kier molecular flexibility index (Phi) is 10.0. The summed E-state index contributed by atoms with van der Waals surface area (Å²) < 4.78 is 2.43. The van der Waals surface area contributed by atoms with E-state index in [0.717, 1.165) is 60.9 Å². The highest BCUT2D eigenvalue weighted by atomic mass is 32.1. The highest BCUT2D eigenvalue weighted by Crippen LogP contribution is 2.47. The molecule has 0 unspecified atom stereocenters. The van der Waals surface area contributed by atoms with Gasteiger partial charge < -0.3 is 9.47 Å². The van der Waals surface area contributed by atoms with Gasteiger partial charge in [0.2, 0.25) is 0 Å². The van der Waals surface area contributed by atoms with Gasteiger partial charge in [0.15, 0.2) is 0 Å². The highest BCUT2D eigenvalue weighted by Gasteiger charge is 2.23. The Balaban J connectivity index is 1.06. The van der Waals surface area contributed by atoms with E-state index in [4.69, 9.17) is 12.6 Å². The Labute approximate surface area is 374 Å². The fraction of sp³-hybridized carbons (Fsp3) is 0. The lowest BCUT2D eigenvalue weighted by atomic mass is 9.94. The molecule has 0 fully saturated rings. The molecule has 0 saturated heterocycles. The molecule has 11 rings (SSSR count). The molecule has 11 aromatic rings. The molecule has 0 aliphatic heterocycles. The van der Waals surface area contributed by atoms with Crippen LogP contribution in [0.15, 0.2) is 254 Å². The molecule has 2 nitrogen and oxygen atoms in total. The monoisotopic (exact) mass is 822 g/mol. The van der Waals surface area contributed by atoms with E-state index >= 15 is 0 Å². The van der Waals surface area contributed by atoms with Crippen molar-refractivity contribution >= 4 is 51.5 Å². The summed E-state index contributed by atoms with van der Waals surface area (Å²) in [5, 5.41) is 2.38. The van der Waals surface area contributed by atoms with E-state index in [0.29, 0.717) is 0 Å². The maximum absolute atomic E-state index is 5.47. The molecule has 0 atom stereocenters. The molecular weight excluding hydrogens is 781 g/mol. The van der Waals surface area contributed by atoms with E-state index in [1.165, 1.54) is 44.2 Å². The van der Waals surface area contributed by atoms with Crippen molar-refractivity contribution in [3.8, 4) is 61.3 Å². The van der Waals surface area contributed by atoms with Gasteiger partial charge in [-0.05, 0) is 111 Å². The van der Waals surface area contributed by atoms with Gasteiger partial charge in [0.05, 0.1) is 11.0 Å². The second kappa shape index (κ2) is 16.5. The topological polar surface area (TPSA) is 8.17 Å². The number of anilines is 3. The van der Waals surface area contributed by atoms with Crippen LogP contribution in [0.1, 0.15) is 0 Å². The molecule has 10 aromatic carbocycles. The Bertz CT molecular complexity index is 3260. The maximum atomic E-state index is 5.47. The third kappa shape index (κ3) is 7.19. The molecule has 298 valence electrons. The average molecular weight is 823 g/mol. The van der Waals surface area contributed by atoms with Crippen LogP contribution in [0.5, 0.6) is 0 Å². The number of hydrogen-bond donors (Lipinski definition) is 1. The van der Waals surface area contributed by atoms with E-state index in [9.17, 15) is 0 Å². The van der Waals surface area contributed by atoms with Crippen LogP contribution in [0.25, 0.3) is 83.1 Å². The zero-order chi connectivity index (χ0) is 42.1. The molecule has 0 saturated carbocycles. The van der Waals surface area contributed by atoms with E-state index in [-0.39, 0.29) is 0 Å². The predicted molar refractivity (Wildman–Crippen MR) is 270 cm³/mol. The number of nitrogens with zero attached hydrogens (tertiary/aromatic N) is 2. The lowest BCUT2D eigenvalue weighted by molar-refractivity contribution is 1.18. The first kappa shape index (κ1) is 38.1. The van der Waals surface area contributed by atoms with Crippen molar-refractivity contribution in [3.05, 3.63) is 249 Å². The number of thiol groups is 1. The summed E-state index contributed by atoms with van der Waals surface area (Å²) >= 11 is 5.47. The van der Waals surface area contributed by atoms with Gasteiger partial charge in [-0.25, -0.2) is 0 Å². The van der Waals surface area contributed by atoms with Crippen molar-refractivity contribution in [3.63, 3.8) is 0 Å². The van der Waals surface area contributed by atoms with Gasteiger partial charge in [0.1, 0.15) is 0 Å². The van der Waals surface area contributed by atoms with Gasteiger partial charge in [-0.15, -0.1) is 12.6 Å². The van der Waals surface area contributed by atoms with Crippen molar-refractivity contribution in [2.45, 2.75) is 4.90 Å². The minimum absolute atomic E-state index is 0.939. The van der Waals surface area contributed by atoms with Gasteiger partial charge in [-0.1, -0.05) is 188 Å². The number of benzene rings is 10. The summed E-state index contributed by atoms with van der Waals surface area (Å²) in [6, 6.07) is 89.1. The molecule has 1 heterocycles. The number of aromatic nitrogens is 1. The molecule has 1 aromatic heterocycles. The van der Waals surface area contributed by atoms with Gasteiger partial charge in [0, 0.05) is 44.0 Å². The van der Waals surface area contributed by atoms with Gasteiger partial charge in [0.25, 0.3) is 0 Å². The lowest BCUT2D eigenvalue weighted by Crippen LogP contribution is -2.09. The van der Waals surface area contributed by atoms with Crippen LogP contribution in [-0.4, -0.2) is 4.57 Å². The first-order valence-electron chi connectivity index (χ1n) is 21.4. The molecule has 0 aliphatic rings. The Morgan fingerprint density at radius 1 is 0.317 bits per heavy atom. The van der Waals surface area contributed by atoms with Crippen LogP contribution in [0.3, 0.4) is 0 Å². The number of rotatable bonds is 9. The smallest absolute Gasteiger partial charge is 0.0631 e. The van der Waals surface area contributed by atoms with Crippen molar-refractivity contribution in [2.75, 3.05) is 4.90 Å². The fourth-order valence-electron chi connectivity index (χ4n) is 9.04. The second-order valence-corrected chi connectivity index (χ2v) is 16.3. The number of para-hydroxylation sites is 1. The number of hydrogen-bond acceptors (Lipinski definition) is 2. The van der Waals surface area contributed by atoms with Crippen LogP contribution in [0.4, 0.5) is 17.1 Å². The molecule has 63 heavy (non-hydrogen) atoms. The summed E-state index contributed by atoms with van der Waals surface area (Å²) in [6.45, 7) is 0. The molecule has 0 amide bonds. The van der Waals surface area contributed by atoms with Gasteiger partial charge >= 0.3 is 0 Å². The third-order valence-corrected chi connectivity index (χ3v) is 12.6. The van der Waals surface area contributed by atoms with Crippen LogP contribution >= 0.6 is 12.6 Å². The normalized spacial score (nSPS) is 11.3. The fourth-order valence-corrected chi connectivity index (χ4v) is 9.47. The van der Waals surface area contributed by atoms with Crippen molar-refractivity contribution < 1.29 is 0 Å². The predicted octanol–water partition coefficient (Wildman–Crippen LogP) is 16.9. The molecule has 0 bridgehead atoms. The van der Waals surface area contributed by atoms with Gasteiger partial charge in [-0.2, -0.15) is 0 Å². The average Bonchev–Trinajstić information content (AvgIpc) is 3.69. The standard InChI is InChI=1S/C60H42N2S/c63-60-55(41-56-54-26-13-14-27-57(54)62(59(56)58(60)48-22-11-4-12-23-48)53-25-15-24-49(40-53)44-20-9-3-10-21-44)47-32-38-52(39-33-47)61(50-34-28-45(29-35-50)42-16-5-1-6-17-42)51-36-30-46(31-37-51)43-18-7-2-8-19-43/h1-41,63H. The largest absolute Gasteiger partial charge is 0.311 e.